The fraction of sp³-hybridized carbons (Fsp3) is 0.0714. The molecule has 0 spiro atoms. The van der Waals surface area contributed by atoms with Crippen LogP contribution in [0.3, 0.4) is 0 Å². The number of nitrogens with zero attached hydrogens (tertiary/aromatic N) is 2. The van der Waals surface area contributed by atoms with E-state index in [1.807, 2.05) is 13.0 Å². The van der Waals surface area contributed by atoms with Crippen LogP contribution in [0.1, 0.15) is 16.1 Å². The third kappa shape index (κ3) is 2.23. The summed E-state index contributed by atoms with van der Waals surface area (Å²) in [6.07, 6.45) is 2.91. The smallest absolute Gasteiger partial charge is 0.344 e. The fourth-order valence-electron chi connectivity index (χ4n) is 2.01. The molecule has 1 aromatic carbocycles. The third-order valence-electron chi connectivity index (χ3n) is 2.87. The number of fused-ring (bicyclic) bond motifs is 1. The molecule has 0 aliphatic carbocycles. The van der Waals surface area contributed by atoms with Crippen molar-refractivity contribution in [3.05, 3.63) is 52.9 Å². The van der Waals surface area contributed by atoms with E-state index in [1.165, 1.54) is 18.5 Å². The molecule has 0 aliphatic heterocycles. The summed E-state index contributed by atoms with van der Waals surface area (Å²) in [4.78, 5) is 16.1. The number of carbonyl (C=O) groups excluding carboxylic acids is 1. The van der Waals surface area contributed by atoms with Crippen molar-refractivity contribution in [2.45, 2.75) is 6.92 Å². The lowest BCUT2D eigenvalue weighted by molar-refractivity contribution is 0.0736. The van der Waals surface area contributed by atoms with Gasteiger partial charge in [0.2, 0.25) is 0 Å². The van der Waals surface area contributed by atoms with Crippen molar-refractivity contribution in [2.24, 2.45) is 0 Å². The van der Waals surface area contributed by atoms with Gasteiger partial charge in [0.05, 0.1) is 22.3 Å². The highest BCUT2D eigenvalue weighted by Gasteiger charge is 2.16. The number of rotatable bonds is 2. The molecule has 0 aliphatic rings. The minimum atomic E-state index is -0.468. The maximum atomic E-state index is 12.3. The average molecular weight is 288 g/mol. The molecule has 2 aromatic heterocycles. The summed E-state index contributed by atoms with van der Waals surface area (Å²) in [5.74, 6) is -0.162. The summed E-state index contributed by atoms with van der Waals surface area (Å²) in [6.45, 7) is 1.85. The van der Waals surface area contributed by atoms with E-state index < -0.39 is 5.97 Å². The molecule has 0 amide bonds. The first-order valence-corrected chi connectivity index (χ1v) is 6.29. The largest absolute Gasteiger partial charge is 0.421 e. The lowest BCUT2D eigenvalue weighted by Crippen LogP contribution is -2.09. The second-order valence-corrected chi connectivity index (χ2v) is 4.71. The second-order valence-electron chi connectivity index (χ2n) is 4.28. The van der Waals surface area contributed by atoms with Gasteiger partial charge in [-0.05, 0) is 19.1 Å². The number of hydrogen-bond acceptors (Lipinski definition) is 4. The molecule has 0 bridgehead atoms. The van der Waals surface area contributed by atoms with Gasteiger partial charge in [0.25, 0.3) is 0 Å². The van der Waals surface area contributed by atoms with Gasteiger partial charge >= 0.3 is 5.97 Å². The van der Waals surface area contributed by atoms with Crippen molar-refractivity contribution in [1.29, 1.82) is 0 Å². The van der Waals surface area contributed by atoms with E-state index in [4.69, 9.17) is 16.3 Å². The normalized spacial score (nSPS) is 10.7. The summed E-state index contributed by atoms with van der Waals surface area (Å²) in [6, 6.07) is 6.83. The van der Waals surface area contributed by atoms with Crippen LogP contribution in [0.4, 0.5) is 0 Å². The average Bonchev–Trinajstić information content (AvgIpc) is 2.81. The third-order valence-corrected chi connectivity index (χ3v) is 3.08. The summed E-state index contributed by atoms with van der Waals surface area (Å²) < 4.78 is 5.29. The Labute approximate surface area is 119 Å². The van der Waals surface area contributed by atoms with Gasteiger partial charge in [-0.3, -0.25) is 10.1 Å². The molecule has 0 radical (unpaired) electrons. The molecule has 0 saturated carbocycles. The zero-order valence-corrected chi connectivity index (χ0v) is 11.3. The van der Waals surface area contributed by atoms with Crippen LogP contribution in [0.25, 0.3) is 10.9 Å². The van der Waals surface area contributed by atoms with Crippen molar-refractivity contribution >= 4 is 28.5 Å². The number of hydrogen-bond donors (Lipinski definition) is 1. The zero-order valence-electron chi connectivity index (χ0n) is 10.6. The Morgan fingerprint density at radius 2 is 2.20 bits per heavy atom. The summed E-state index contributed by atoms with van der Waals surface area (Å²) in [5.41, 5.74) is 1.99. The first-order valence-electron chi connectivity index (χ1n) is 5.91. The van der Waals surface area contributed by atoms with Crippen molar-refractivity contribution in [2.75, 3.05) is 0 Å². The topological polar surface area (TPSA) is 67.9 Å². The monoisotopic (exact) mass is 287 g/mol. The highest BCUT2D eigenvalue weighted by Crippen LogP contribution is 2.22. The van der Waals surface area contributed by atoms with Crippen LogP contribution in [0, 0.1) is 6.92 Å². The van der Waals surface area contributed by atoms with E-state index >= 15 is 0 Å². The maximum absolute atomic E-state index is 12.3. The van der Waals surface area contributed by atoms with Gasteiger partial charge in [-0.15, -0.1) is 0 Å². The van der Waals surface area contributed by atoms with E-state index in [9.17, 15) is 4.79 Å². The quantitative estimate of drug-likeness (QED) is 0.735. The van der Waals surface area contributed by atoms with Crippen LogP contribution in [-0.4, -0.2) is 21.2 Å². The van der Waals surface area contributed by atoms with Gasteiger partial charge < -0.3 is 4.74 Å². The zero-order chi connectivity index (χ0) is 14.1. The van der Waals surface area contributed by atoms with Gasteiger partial charge in [-0.1, -0.05) is 17.7 Å². The number of aromatic amines is 1. The van der Waals surface area contributed by atoms with Crippen LogP contribution in [0.15, 0.2) is 36.7 Å². The Balaban J connectivity index is 1.99. The lowest BCUT2D eigenvalue weighted by Gasteiger charge is -2.05. The van der Waals surface area contributed by atoms with E-state index in [0.717, 1.165) is 16.6 Å². The number of halogens is 1. The van der Waals surface area contributed by atoms with Crippen molar-refractivity contribution in [3.63, 3.8) is 0 Å². The van der Waals surface area contributed by atoms with E-state index in [-0.39, 0.29) is 0 Å². The molecule has 100 valence electrons. The molecule has 0 fully saturated rings. The van der Waals surface area contributed by atoms with E-state index in [1.54, 1.807) is 12.1 Å². The minimum absolute atomic E-state index is 0.306. The summed E-state index contributed by atoms with van der Waals surface area (Å²) in [5, 5.41) is 8.14. The number of benzene rings is 1. The summed E-state index contributed by atoms with van der Waals surface area (Å²) in [7, 11) is 0. The Bertz CT molecular complexity index is 798. The number of H-pyrrole nitrogens is 1. The first kappa shape index (κ1) is 12.6. The molecule has 20 heavy (non-hydrogen) atoms. The Hall–Kier alpha value is -2.40. The lowest BCUT2D eigenvalue weighted by atomic mass is 10.1. The number of aromatic nitrogens is 3. The van der Waals surface area contributed by atoms with Gasteiger partial charge in [0.1, 0.15) is 0 Å². The number of pyridine rings is 1. The van der Waals surface area contributed by atoms with Crippen LogP contribution in [0.5, 0.6) is 5.75 Å². The number of nitrogens with one attached hydrogen (secondary N) is 1. The van der Waals surface area contributed by atoms with E-state index in [0.29, 0.717) is 16.3 Å². The van der Waals surface area contributed by atoms with Crippen LogP contribution >= 0.6 is 11.6 Å². The standard InChI is InChI=1S/C14H10ClN3O2/c1-8-13-11(3-2-4-12(13)18-17-8)14(19)20-10-5-9(15)6-16-7-10/h2-7H,1H3,(H,17,18). The second kappa shape index (κ2) is 4.94. The molecule has 6 heteroatoms. The van der Waals surface area contributed by atoms with Crippen LogP contribution in [0.2, 0.25) is 5.02 Å². The number of ether oxygens (including phenoxy) is 1. The Kier molecular flexibility index (Phi) is 3.12. The predicted molar refractivity (Wildman–Crippen MR) is 75.0 cm³/mol. The van der Waals surface area contributed by atoms with Gasteiger partial charge in [-0.2, -0.15) is 5.10 Å². The summed E-state index contributed by atoms with van der Waals surface area (Å²) >= 11 is 5.81. The molecular weight excluding hydrogens is 278 g/mol. The molecule has 3 rings (SSSR count). The van der Waals surface area contributed by atoms with Gasteiger partial charge in [-0.25, -0.2) is 4.79 Å². The number of aryl methyl sites for hydroxylation is 1. The molecular formula is C14H10ClN3O2. The van der Waals surface area contributed by atoms with Crippen LogP contribution < -0.4 is 4.74 Å². The molecule has 0 atom stereocenters. The minimum Gasteiger partial charge on any atom is -0.421 e. The maximum Gasteiger partial charge on any atom is 0.344 e. The van der Waals surface area contributed by atoms with Gasteiger partial charge in [0, 0.05) is 23.3 Å². The van der Waals surface area contributed by atoms with Crippen molar-refractivity contribution in [1.82, 2.24) is 15.2 Å². The molecule has 5 nitrogen and oxygen atoms in total. The molecule has 2 heterocycles. The Morgan fingerprint density at radius 3 is 3.00 bits per heavy atom. The highest BCUT2D eigenvalue weighted by atomic mass is 35.5. The van der Waals surface area contributed by atoms with Gasteiger partial charge in [0.15, 0.2) is 5.75 Å². The number of carbonyl (C=O) groups is 1. The molecule has 0 saturated heterocycles. The molecule has 1 N–H and O–H groups in total. The Morgan fingerprint density at radius 1 is 1.35 bits per heavy atom. The van der Waals surface area contributed by atoms with Crippen LogP contribution in [-0.2, 0) is 0 Å². The van der Waals surface area contributed by atoms with Crippen molar-refractivity contribution < 1.29 is 9.53 Å². The molecule has 0 unspecified atom stereocenters. The first-order chi connectivity index (χ1) is 9.65. The van der Waals surface area contributed by atoms with Crippen molar-refractivity contribution in [3.8, 4) is 5.75 Å². The predicted octanol–water partition coefficient (Wildman–Crippen LogP) is 3.14. The SMILES string of the molecule is Cc1[nH]nc2cccc(C(=O)Oc3cncc(Cl)c3)c12. The van der Waals surface area contributed by atoms with E-state index in [2.05, 4.69) is 15.2 Å². The number of esters is 1. The fourth-order valence-corrected chi connectivity index (χ4v) is 2.17. The molecule has 3 aromatic rings. The highest BCUT2D eigenvalue weighted by molar-refractivity contribution is 6.30.